The molecular formula is C10H12N4O. The van der Waals surface area contributed by atoms with Crippen LogP contribution < -0.4 is 5.73 Å². The molecule has 0 atom stereocenters. The van der Waals surface area contributed by atoms with Crippen LogP contribution in [0.15, 0.2) is 16.9 Å². The minimum Gasteiger partial charge on any atom is -0.394 e. The van der Waals surface area contributed by atoms with Crippen LogP contribution in [0.5, 0.6) is 0 Å². The molecule has 78 valence electrons. The van der Waals surface area contributed by atoms with Crippen LogP contribution in [-0.2, 0) is 13.0 Å². The first-order valence-electron chi connectivity index (χ1n) is 5.11. The third-order valence-corrected chi connectivity index (χ3v) is 2.74. The number of nitrogen functional groups attached to an aromatic ring is 1. The molecule has 0 saturated carbocycles. The van der Waals surface area contributed by atoms with Crippen molar-refractivity contribution in [2.75, 3.05) is 5.73 Å². The van der Waals surface area contributed by atoms with E-state index in [0.717, 1.165) is 24.5 Å². The molecule has 0 aromatic carbocycles. The molecule has 5 heteroatoms. The summed E-state index contributed by atoms with van der Waals surface area (Å²) >= 11 is 0. The van der Waals surface area contributed by atoms with Gasteiger partial charge in [-0.15, -0.1) is 0 Å². The lowest BCUT2D eigenvalue weighted by atomic mass is 10.2. The number of hydrogen-bond donors (Lipinski definition) is 1. The van der Waals surface area contributed by atoms with Crippen molar-refractivity contribution in [1.29, 1.82) is 0 Å². The molecule has 2 aromatic rings. The molecule has 0 radical (unpaired) electrons. The van der Waals surface area contributed by atoms with E-state index in [1.165, 1.54) is 19.0 Å². The Balaban J connectivity index is 2.06. The third-order valence-electron chi connectivity index (χ3n) is 2.74. The van der Waals surface area contributed by atoms with Crippen LogP contribution in [0.1, 0.15) is 18.7 Å². The van der Waals surface area contributed by atoms with Crippen molar-refractivity contribution in [1.82, 2.24) is 14.7 Å². The summed E-state index contributed by atoms with van der Waals surface area (Å²) in [5.41, 5.74) is 7.07. The van der Waals surface area contributed by atoms with E-state index in [-0.39, 0.29) is 0 Å². The second-order valence-electron chi connectivity index (χ2n) is 3.80. The van der Waals surface area contributed by atoms with Crippen molar-refractivity contribution in [2.24, 2.45) is 0 Å². The topological polar surface area (TPSA) is 69.9 Å². The molecule has 0 saturated heterocycles. The molecule has 15 heavy (non-hydrogen) atoms. The van der Waals surface area contributed by atoms with E-state index in [1.54, 1.807) is 0 Å². The lowest BCUT2D eigenvalue weighted by molar-refractivity contribution is 0.431. The van der Waals surface area contributed by atoms with Gasteiger partial charge < -0.3 is 14.8 Å². The maximum absolute atomic E-state index is 5.72. The van der Waals surface area contributed by atoms with Crippen LogP contribution in [0.3, 0.4) is 0 Å². The lowest BCUT2D eigenvalue weighted by Gasteiger charge is -2.11. The average molecular weight is 204 g/mol. The molecule has 0 aliphatic carbocycles. The van der Waals surface area contributed by atoms with Crippen LogP contribution >= 0.6 is 0 Å². The molecule has 3 heterocycles. The summed E-state index contributed by atoms with van der Waals surface area (Å²) in [4.78, 5) is 4.50. The monoisotopic (exact) mass is 204 g/mol. The number of rotatable bonds is 1. The number of fused-ring (bicyclic) bond motifs is 1. The molecule has 2 aromatic heterocycles. The zero-order valence-electron chi connectivity index (χ0n) is 8.31. The Kier molecular flexibility index (Phi) is 1.77. The van der Waals surface area contributed by atoms with Gasteiger partial charge in [-0.1, -0.05) is 5.16 Å². The van der Waals surface area contributed by atoms with Crippen molar-refractivity contribution in [3.8, 4) is 11.5 Å². The molecule has 5 nitrogen and oxygen atoms in total. The molecule has 2 N–H and O–H groups in total. The van der Waals surface area contributed by atoms with Crippen LogP contribution in [0.4, 0.5) is 5.69 Å². The smallest absolute Gasteiger partial charge is 0.209 e. The van der Waals surface area contributed by atoms with E-state index in [1.807, 2.05) is 6.20 Å². The Morgan fingerprint density at radius 2 is 2.33 bits per heavy atom. The highest BCUT2D eigenvalue weighted by atomic mass is 16.5. The van der Waals surface area contributed by atoms with Crippen molar-refractivity contribution in [2.45, 2.75) is 25.8 Å². The van der Waals surface area contributed by atoms with E-state index in [4.69, 9.17) is 10.3 Å². The normalized spacial score (nSPS) is 15.2. The SMILES string of the molecule is Nc1cnoc1-c1cn2c(n1)CCCC2. The van der Waals surface area contributed by atoms with Crippen LogP contribution in [-0.4, -0.2) is 14.7 Å². The fourth-order valence-corrected chi connectivity index (χ4v) is 1.96. The van der Waals surface area contributed by atoms with Gasteiger partial charge in [0.05, 0.1) is 6.20 Å². The second kappa shape index (κ2) is 3.12. The summed E-state index contributed by atoms with van der Waals surface area (Å²) in [6, 6.07) is 0. The van der Waals surface area contributed by atoms with Gasteiger partial charge in [0.15, 0.2) is 0 Å². The van der Waals surface area contributed by atoms with Crippen LogP contribution in [0, 0.1) is 0 Å². The molecule has 0 unspecified atom stereocenters. The van der Waals surface area contributed by atoms with Gasteiger partial charge in [-0.25, -0.2) is 4.98 Å². The van der Waals surface area contributed by atoms with Gasteiger partial charge in [0, 0.05) is 19.2 Å². The minimum absolute atomic E-state index is 0.547. The number of nitrogens with two attached hydrogens (primary N) is 1. The summed E-state index contributed by atoms with van der Waals surface area (Å²) in [5, 5.41) is 3.66. The quantitative estimate of drug-likeness (QED) is 0.763. The van der Waals surface area contributed by atoms with Gasteiger partial charge in [-0.2, -0.15) is 0 Å². The fourth-order valence-electron chi connectivity index (χ4n) is 1.96. The Hall–Kier alpha value is -1.78. The van der Waals surface area contributed by atoms with Crippen molar-refractivity contribution in [3.63, 3.8) is 0 Å². The number of anilines is 1. The molecule has 3 rings (SSSR count). The molecule has 0 bridgehead atoms. The molecule has 1 aliphatic rings. The Morgan fingerprint density at radius 1 is 1.40 bits per heavy atom. The highest BCUT2D eigenvalue weighted by Gasteiger charge is 2.16. The highest BCUT2D eigenvalue weighted by Crippen LogP contribution is 2.26. The summed E-state index contributed by atoms with van der Waals surface area (Å²) in [6.07, 6.45) is 6.96. The lowest BCUT2D eigenvalue weighted by Crippen LogP contribution is -2.08. The second-order valence-corrected chi connectivity index (χ2v) is 3.80. The van der Waals surface area contributed by atoms with Gasteiger partial charge in [0.25, 0.3) is 0 Å². The van der Waals surface area contributed by atoms with Gasteiger partial charge in [-0.05, 0) is 12.8 Å². The minimum atomic E-state index is 0.547. The van der Waals surface area contributed by atoms with Crippen molar-refractivity contribution >= 4 is 5.69 Å². The first kappa shape index (κ1) is 8.52. The third kappa shape index (κ3) is 1.31. The highest BCUT2D eigenvalue weighted by molar-refractivity contribution is 5.66. The van der Waals surface area contributed by atoms with Crippen LogP contribution in [0.2, 0.25) is 0 Å². The number of aryl methyl sites for hydroxylation is 2. The van der Waals surface area contributed by atoms with E-state index < -0.39 is 0 Å². The summed E-state index contributed by atoms with van der Waals surface area (Å²) < 4.78 is 7.24. The number of hydrogen-bond acceptors (Lipinski definition) is 4. The van der Waals surface area contributed by atoms with Crippen LogP contribution in [0.25, 0.3) is 11.5 Å². The molecular weight excluding hydrogens is 192 g/mol. The summed E-state index contributed by atoms with van der Waals surface area (Å²) in [6.45, 7) is 1.04. The van der Waals surface area contributed by atoms with E-state index in [9.17, 15) is 0 Å². The van der Waals surface area contributed by atoms with E-state index >= 15 is 0 Å². The standard InChI is InChI=1S/C10H12N4O/c11-7-5-12-15-10(7)8-6-14-4-2-1-3-9(14)13-8/h5-6H,1-4,11H2. The Bertz CT molecular complexity index is 462. The first-order valence-corrected chi connectivity index (χ1v) is 5.11. The Labute approximate surface area is 86.9 Å². The predicted molar refractivity (Wildman–Crippen MR) is 55.1 cm³/mol. The molecule has 0 amide bonds. The number of imidazole rings is 1. The fraction of sp³-hybridized carbons (Fsp3) is 0.400. The van der Waals surface area contributed by atoms with Gasteiger partial charge in [0.2, 0.25) is 5.76 Å². The first-order chi connectivity index (χ1) is 7.34. The van der Waals surface area contributed by atoms with Gasteiger partial charge >= 0.3 is 0 Å². The van der Waals surface area contributed by atoms with Gasteiger partial charge in [0.1, 0.15) is 17.2 Å². The summed E-state index contributed by atoms with van der Waals surface area (Å²) in [7, 11) is 0. The predicted octanol–water partition coefficient (Wildman–Crippen LogP) is 1.46. The molecule has 1 aliphatic heterocycles. The maximum atomic E-state index is 5.72. The average Bonchev–Trinajstić information content (AvgIpc) is 2.82. The van der Waals surface area contributed by atoms with E-state index in [2.05, 4.69) is 14.7 Å². The maximum Gasteiger partial charge on any atom is 0.209 e. The molecule has 0 fully saturated rings. The van der Waals surface area contributed by atoms with Gasteiger partial charge in [-0.3, -0.25) is 0 Å². The number of aromatic nitrogens is 3. The van der Waals surface area contributed by atoms with Crippen molar-refractivity contribution in [3.05, 3.63) is 18.2 Å². The Morgan fingerprint density at radius 3 is 3.07 bits per heavy atom. The van der Waals surface area contributed by atoms with Crippen molar-refractivity contribution < 1.29 is 4.52 Å². The zero-order valence-corrected chi connectivity index (χ0v) is 8.31. The van der Waals surface area contributed by atoms with E-state index in [0.29, 0.717) is 11.4 Å². The number of nitrogens with zero attached hydrogens (tertiary/aromatic N) is 3. The zero-order chi connectivity index (χ0) is 10.3. The molecule has 0 spiro atoms. The largest absolute Gasteiger partial charge is 0.394 e. The summed E-state index contributed by atoms with van der Waals surface area (Å²) in [5.74, 6) is 1.70.